The molecule has 6 nitrogen and oxygen atoms in total. The number of likely N-dealkylation sites (tertiary alicyclic amines) is 1. The van der Waals surface area contributed by atoms with Crippen molar-refractivity contribution in [2.75, 3.05) is 13.1 Å². The molecule has 1 aliphatic heterocycles. The van der Waals surface area contributed by atoms with Gasteiger partial charge < -0.3 is 9.32 Å². The summed E-state index contributed by atoms with van der Waals surface area (Å²) in [6.07, 6.45) is 1.86. The summed E-state index contributed by atoms with van der Waals surface area (Å²) in [5.74, 6) is -0.408. The predicted octanol–water partition coefficient (Wildman–Crippen LogP) is 2.98. The number of rotatable bonds is 3. The van der Waals surface area contributed by atoms with Gasteiger partial charge in [0.25, 0.3) is 0 Å². The summed E-state index contributed by atoms with van der Waals surface area (Å²) in [5.41, 5.74) is 1.51. The second-order valence-electron chi connectivity index (χ2n) is 7.98. The maximum atomic E-state index is 12.7. The van der Waals surface area contributed by atoms with Crippen LogP contribution < -0.4 is 5.76 Å². The standard InChI is InChI=1S/C19H24N2O4/c1-19(2,3)11-16(22)21-8-6-12(7-9-21)17(23)13-4-5-14-15(10-13)25-18(24)20-14/h4-5,10,12H,6-9,11H2,1-3H3,(H,20,24). The number of hydrogen-bond acceptors (Lipinski definition) is 4. The van der Waals surface area contributed by atoms with Crippen molar-refractivity contribution in [1.82, 2.24) is 9.88 Å². The third-order valence-corrected chi connectivity index (χ3v) is 4.61. The number of H-pyrrole nitrogens is 1. The van der Waals surface area contributed by atoms with Crippen molar-refractivity contribution in [3.8, 4) is 0 Å². The Hall–Kier alpha value is -2.37. The lowest BCUT2D eigenvalue weighted by Gasteiger charge is -2.33. The van der Waals surface area contributed by atoms with Crippen LogP contribution in [0.2, 0.25) is 0 Å². The Kier molecular flexibility index (Phi) is 4.54. The van der Waals surface area contributed by atoms with Crippen LogP contribution in [-0.2, 0) is 4.79 Å². The smallest absolute Gasteiger partial charge is 0.408 e. The number of aromatic nitrogens is 1. The summed E-state index contributed by atoms with van der Waals surface area (Å²) in [6, 6.07) is 5.02. The van der Waals surface area contributed by atoms with Gasteiger partial charge in [0.15, 0.2) is 11.4 Å². The maximum absolute atomic E-state index is 12.7. The number of benzene rings is 1. The number of ketones is 1. The van der Waals surface area contributed by atoms with E-state index in [1.165, 1.54) is 0 Å². The van der Waals surface area contributed by atoms with Crippen molar-refractivity contribution in [1.29, 1.82) is 0 Å². The van der Waals surface area contributed by atoms with E-state index in [4.69, 9.17) is 4.42 Å². The third-order valence-electron chi connectivity index (χ3n) is 4.61. The quantitative estimate of drug-likeness (QED) is 0.868. The van der Waals surface area contributed by atoms with Crippen molar-refractivity contribution in [3.63, 3.8) is 0 Å². The molecule has 1 amide bonds. The fourth-order valence-electron chi connectivity index (χ4n) is 3.29. The molecule has 2 heterocycles. The zero-order valence-corrected chi connectivity index (χ0v) is 14.9. The minimum absolute atomic E-state index is 0.0281. The highest BCUT2D eigenvalue weighted by molar-refractivity contribution is 6.00. The van der Waals surface area contributed by atoms with E-state index in [2.05, 4.69) is 25.8 Å². The van der Waals surface area contributed by atoms with Crippen LogP contribution in [-0.4, -0.2) is 34.7 Å². The van der Waals surface area contributed by atoms with E-state index in [1.54, 1.807) is 18.2 Å². The number of fused-ring (bicyclic) bond motifs is 1. The lowest BCUT2D eigenvalue weighted by Crippen LogP contribution is -2.41. The Morgan fingerprint density at radius 3 is 2.56 bits per heavy atom. The average molecular weight is 344 g/mol. The molecule has 1 saturated heterocycles. The van der Waals surface area contributed by atoms with Gasteiger partial charge in [-0.3, -0.25) is 14.6 Å². The molecule has 1 aromatic heterocycles. The normalized spacial score (nSPS) is 16.4. The molecule has 0 unspecified atom stereocenters. The van der Waals surface area contributed by atoms with Crippen molar-refractivity contribution < 1.29 is 14.0 Å². The number of amides is 1. The summed E-state index contributed by atoms with van der Waals surface area (Å²) in [4.78, 5) is 40.7. The molecule has 1 aromatic carbocycles. The highest BCUT2D eigenvalue weighted by atomic mass is 16.4. The Bertz CT molecular complexity index is 848. The van der Waals surface area contributed by atoms with Gasteiger partial charge in [0.2, 0.25) is 5.91 Å². The van der Waals surface area contributed by atoms with E-state index in [-0.39, 0.29) is 23.0 Å². The fraction of sp³-hybridized carbons (Fsp3) is 0.526. The van der Waals surface area contributed by atoms with Gasteiger partial charge in [0.1, 0.15) is 0 Å². The predicted molar refractivity (Wildman–Crippen MR) is 94.5 cm³/mol. The highest BCUT2D eigenvalue weighted by Gasteiger charge is 2.29. The number of piperidine rings is 1. The number of carbonyl (C=O) groups is 2. The van der Waals surface area contributed by atoms with Gasteiger partial charge >= 0.3 is 5.76 Å². The summed E-state index contributed by atoms with van der Waals surface area (Å²) in [5, 5.41) is 0. The molecule has 0 aliphatic carbocycles. The number of nitrogens with one attached hydrogen (secondary N) is 1. The van der Waals surface area contributed by atoms with Crippen LogP contribution in [0.25, 0.3) is 11.1 Å². The zero-order chi connectivity index (χ0) is 18.2. The number of aromatic amines is 1. The van der Waals surface area contributed by atoms with Crippen LogP contribution >= 0.6 is 0 Å². The number of nitrogens with zero attached hydrogens (tertiary/aromatic N) is 1. The summed E-state index contributed by atoms with van der Waals surface area (Å²) in [6.45, 7) is 7.39. The molecule has 25 heavy (non-hydrogen) atoms. The van der Waals surface area contributed by atoms with E-state index >= 15 is 0 Å². The first-order chi connectivity index (χ1) is 11.7. The molecule has 0 saturated carbocycles. The molecule has 0 spiro atoms. The SMILES string of the molecule is CC(C)(C)CC(=O)N1CCC(C(=O)c2ccc3[nH]c(=O)oc3c2)CC1. The molecular weight excluding hydrogens is 320 g/mol. The van der Waals surface area contributed by atoms with Crippen molar-refractivity contribution in [3.05, 3.63) is 34.3 Å². The van der Waals surface area contributed by atoms with Gasteiger partial charge in [-0.1, -0.05) is 20.8 Å². The van der Waals surface area contributed by atoms with Crippen LogP contribution in [0.4, 0.5) is 0 Å². The van der Waals surface area contributed by atoms with Gasteiger partial charge in [-0.05, 0) is 36.5 Å². The van der Waals surface area contributed by atoms with Crippen LogP contribution in [0.15, 0.2) is 27.4 Å². The molecular formula is C19H24N2O4. The Labute approximate surface area is 146 Å². The second kappa shape index (κ2) is 6.50. The average Bonchev–Trinajstić information content (AvgIpc) is 2.91. The molecule has 3 rings (SSSR count). The van der Waals surface area contributed by atoms with Crippen molar-refractivity contribution >= 4 is 22.8 Å². The van der Waals surface area contributed by atoms with E-state index in [0.29, 0.717) is 49.0 Å². The third kappa shape index (κ3) is 4.00. The lowest BCUT2D eigenvalue weighted by atomic mass is 9.87. The minimum Gasteiger partial charge on any atom is -0.408 e. The summed E-state index contributed by atoms with van der Waals surface area (Å²) in [7, 11) is 0. The number of Topliss-reactive ketones (excluding diaryl/α,β-unsaturated/α-hetero) is 1. The van der Waals surface area contributed by atoms with Gasteiger partial charge in [0, 0.05) is 31.0 Å². The molecule has 6 heteroatoms. The molecule has 0 atom stereocenters. The molecule has 0 radical (unpaired) electrons. The maximum Gasteiger partial charge on any atom is 0.417 e. The molecule has 1 aliphatic rings. The Morgan fingerprint density at radius 2 is 1.92 bits per heavy atom. The fourth-order valence-corrected chi connectivity index (χ4v) is 3.29. The highest BCUT2D eigenvalue weighted by Crippen LogP contribution is 2.26. The van der Waals surface area contributed by atoms with Gasteiger partial charge in [-0.2, -0.15) is 0 Å². The van der Waals surface area contributed by atoms with Crippen LogP contribution in [0.3, 0.4) is 0 Å². The molecule has 1 fully saturated rings. The lowest BCUT2D eigenvalue weighted by molar-refractivity contribution is -0.134. The number of carbonyl (C=O) groups excluding carboxylic acids is 2. The van der Waals surface area contributed by atoms with E-state index in [0.717, 1.165) is 0 Å². The van der Waals surface area contributed by atoms with Gasteiger partial charge in [-0.25, -0.2) is 4.79 Å². The van der Waals surface area contributed by atoms with E-state index in [9.17, 15) is 14.4 Å². The minimum atomic E-state index is -0.523. The van der Waals surface area contributed by atoms with Crippen LogP contribution in [0.1, 0.15) is 50.4 Å². The van der Waals surface area contributed by atoms with Gasteiger partial charge in [0.05, 0.1) is 5.52 Å². The van der Waals surface area contributed by atoms with Crippen LogP contribution in [0, 0.1) is 11.3 Å². The monoisotopic (exact) mass is 344 g/mol. The number of hydrogen-bond donors (Lipinski definition) is 1. The summed E-state index contributed by atoms with van der Waals surface area (Å²) >= 11 is 0. The second-order valence-corrected chi connectivity index (χ2v) is 7.98. The summed E-state index contributed by atoms with van der Waals surface area (Å²) < 4.78 is 5.02. The Balaban J connectivity index is 1.64. The first kappa shape index (κ1) is 17.5. The Morgan fingerprint density at radius 1 is 1.24 bits per heavy atom. The van der Waals surface area contributed by atoms with Gasteiger partial charge in [-0.15, -0.1) is 0 Å². The molecule has 1 N–H and O–H groups in total. The topological polar surface area (TPSA) is 83.4 Å². The van der Waals surface area contributed by atoms with Crippen molar-refractivity contribution in [2.24, 2.45) is 11.3 Å². The molecule has 0 bridgehead atoms. The first-order valence-corrected chi connectivity index (χ1v) is 8.68. The largest absolute Gasteiger partial charge is 0.417 e. The molecule has 134 valence electrons. The molecule has 2 aromatic rings. The van der Waals surface area contributed by atoms with Crippen LogP contribution in [0.5, 0.6) is 0 Å². The first-order valence-electron chi connectivity index (χ1n) is 8.68. The van der Waals surface area contributed by atoms with E-state index < -0.39 is 5.76 Å². The number of oxazole rings is 1. The van der Waals surface area contributed by atoms with E-state index in [1.807, 2.05) is 4.90 Å². The van der Waals surface area contributed by atoms with Crippen molar-refractivity contribution in [2.45, 2.75) is 40.0 Å². The zero-order valence-electron chi connectivity index (χ0n) is 14.9.